The van der Waals surface area contributed by atoms with Crippen LogP contribution in [0.1, 0.15) is 30.6 Å². The molecule has 0 radical (unpaired) electrons. The molecule has 0 aliphatic carbocycles. The van der Waals surface area contributed by atoms with Gasteiger partial charge in [-0.25, -0.2) is 8.42 Å². The normalized spacial score (nSPS) is 11.6. The molecule has 1 aromatic rings. The number of hydrogen-bond acceptors (Lipinski definition) is 4. The zero-order chi connectivity index (χ0) is 13.8. The Balaban J connectivity index is 2.74. The first-order valence-electron chi connectivity index (χ1n) is 5.75. The molecule has 0 heterocycles. The van der Waals surface area contributed by atoms with E-state index in [0.717, 1.165) is 6.26 Å². The molecule has 100 valence electrons. The molecule has 0 atom stereocenters. The summed E-state index contributed by atoms with van der Waals surface area (Å²) in [5.74, 6) is 0.311. The molecule has 4 nitrogen and oxygen atoms in total. The lowest BCUT2D eigenvalue weighted by atomic mass is 10.1. The number of rotatable bonds is 6. The van der Waals surface area contributed by atoms with Crippen molar-refractivity contribution in [1.82, 2.24) is 0 Å². The summed E-state index contributed by atoms with van der Waals surface area (Å²) in [5.41, 5.74) is 0.483. The maximum absolute atomic E-state index is 11.8. The number of ketones is 1. The molecular formula is C13H18O4S. The Morgan fingerprint density at radius 3 is 2.56 bits per heavy atom. The Morgan fingerprint density at radius 2 is 2.00 bits per heavy atom. The average molecular weight is 270 g/mol. The highest BCUT2D eigenvalue weighted by Gasteiger charge is 2.11. The van der Waals surface area contributed by atoms with Crippen LogP contribution in [0.2, 0.25) is 0 Å². The maximum Gasteiger partial charge on any atom is 0.164 e. The molecule has 0 bridgehead atoms. The molecule has 0 spiro atoms. The van der Waals surface area contributed by atoms with E-state index in [2.05, 4.69) is 0 Å². The number of hydrogen-bond donors (Lipinski definition) is 0. The third kappa shape index (κ3) is 5.31. The predicted molar refractivity (Wildman–Crippen MR) is 70.9 cm³/mol. The molecule has 18 heavy (non-hydrogen) atoms. The van der Waals surface area contributed by atoms with Gasteiger partial charge in [0.15, 0.2) is 5.78 Å². The van der Waals surface area contributed by atoms with Crippen LogP contribution >= 0.6 is 0 Å². The molecule has 0 saturated carbocycles. The molecule has 0 N–H and O–H groups in total. The number of benzene rings is 1. The van der Waals surface area contributed by atoms with Gasteiger partial charge in [0.25, 0.3) is 0 Å². The zero-order valence-electron chi connectivity index (χ0n) is 10.8. The average Bonchev–Trinajstić information content (AvgIpc) is 2.24. The highest BCUT2D eigenvalue weighted by Crippen LogP contribution is 2.16. The number of carbonyl (C=O) groups is 1. The summed E-state index contributed by atoms with van der Waals surface area (Å²) in [6.45, 7) is 3.80. The molecule has 0 aromatic heterocycles. The van der Waals surface area contributed by atoms with Gasteiger partial charge in [-0.3, -0.25) is 4.79 Å². The van der Waals surface area contributed by atoms with Gasteiger partial charge in [-0.05, 0) is 26.0 Å². The Hall–Kier alpha value is -1.36. The van der Waals surface area contributed by atoms with Crippen molar-refractivity contribution in [3.8, 4) is 5.75 Å². The smallest absolute Gasteiger partial charge is 0.164 e. The Bertz CT molecular complexity index is 518. The van der Waals surface area contributed by atoms with E-state index in [-0.39, 0.29) is 24.1 Å². The molecule has 0 saturated heterocycles. The minimum absolute atomic E-state index is 0.00393. The van der Waals surface area contributed by atoms with Crippen LogP contribution in [-0.2, 0) is 9.84 Å². The van der Waals surface area contributed by atoms with Crippen LogP contribution < -0.4 is 4.74 Å². The van der Waals surface area contributed by atoms with Gasteiger partial charge in [0.05, 0.1) is 11.9 Å². The maximum atomic E-state index is 11.8. The van der Waals surface area contributed by atoms with Gasteiger partial charge in [-0.1, -0.05) is 12.1 Å². The third-order valence-corrected chi connectivity index (χ3v) is 3.17. The summed E-state index contributed by atoms with van der Waals surface area (Å²) >= 11 is 0. The second-order valence-corrected chi connectivity index (χ2v) is 6.76. The van der Waals surface area contributed by atoms with Gasteiger partial charge in [0.1, 0.15) is 15.6 Å². The Morgan fingerprint density at radius 1 is 1.33 bits per heavy atom. The minimum Gasteiger partial charge on any atom is -0.491 e. The van der Waals surface area contributed by atoms with Crippen LogP contribution in [0.15, 0.2) is 24.3 Å². The van der Waals surface area contributed by atoms with Crippen molar-refractivity contribution in [1.29, 1.82) is 0 Å². The van der Waals surface area contributed by atoms with Crippen LogP contribution in [0, 0.1) is 0 Å². The van der Waals surface area contributed by atoms with E-state index >= 15 is 0 Å². The summed E-state index contributed by atoms with van der Waals surface area (Å²) in [6.07, 6.45) is 1.16. The lowest BCUT2D eigenvalue weighted by molar-refractivity contribution is 0.0988. The van der Waals surface area contributed by atoms with Gasteiger partial charge < -0.3 is 4.74 Å². The van der Waals surface area contributed by atoms with E-state index in [0.29, 0.717) is 11.3 Å². The van der Waals surface area contributed by atoms with Crippen molar-refractivity contribution in [2.75, 3.05) is 12.0 Å². The predicted octanol–water partition coefficient (Wildman–Crippen LogP) is 2.09. The summed E-state index contributed by atoms with van der Waals surface area (Å²) in [5, 5.41) is 0. The lowest BCUT2D eigenvalue weighted by Gasteiger charge is -2.10. The summed E-state index contributed by atoms with van der Waals surface area (Å²) in [7, 11) is -3.11. The monoisotopic (exact) mass is 270 g/mol. The quantitative estimate of drug-likeness (QED) is 0.743. The Labute approximate surface area is 108 Å². The summed E-state index contributed by atoms with van der Waals surface area (Å²) in [4.78, 5) is 11.8. The van der Waals surface area contributed by atoms with Crippen LogP contribution in [0.3, 0.4) is 0 Å². The van der Waals surface area contributed by atoms with Crippen molar-refractivity contribution in [2.24, 2.45) is 0 Å². The van der Waals surface area contributed by atoms with Crippen LogP contribution in [-0.4, -0.2) is 32.3 Å². The van der Waals surface area contributed by atoms with Gasteiger partial charge in [-0.15, -0.1) is 0 Å². The molecule has 1 rings (SSSR count). The first-order valence-corrected chi connectivity index (χ1v) is 7.81. The molecular weight excluding hydrogens is 252 g/mol. The number of sulfone groups is 1. The minimum atomic E-state index is -3.11. The van der Waals surface area contributed by atoms with E-state index in [1.807, 2.05) is 13.8 Å². The zero-order valence-corrected chi connectivity index (χ0v) is 11.7. The van der Waals surface area contributed by atoms with Crippen molar-refractivity contribution in [3.05, 3.63) is 29.8 Å². The van der Waals surface area contributed by atoms with Crippen molar-refractivity contribution in [3.63, 3.8) is 0 Å². The number of carbonyl (C=O) groups excluding carboxylic acids is 1. The summed E-state index contributed by atoms with van der Waals surface area (Å²) in [6, 6.07) is 6.81. The first kappa shape index (κ1) is 14.7. The largest absolute Gasteiger partial charge is 0.491 e. The fourth-order valence-corrected chi connectivity index (χ4v) is 1.99. The van der Waals surface area contributed by atoms with Crippen LogP contribution in [0.4, 0.5) is 0 Å². The lowest BCUT2D eigenvalue weighted by Crippen LogP contribution is -2.10. The van der Waals surface area contributed by atoms with E-state index in [1.165, 1.54) is 0 Å². The van der Waals surface area contributed by atoms with E-state index in [9.17, 15) is 13.2 Å². The molecule has 1 aromatic carbocycles. The second-order valence-electron chi connectivity index (χ2n) is 4.50. The van der Waals surface area contributed by atoms with Crippen molar-refractivity contribution in [2.45, 2.75) is 26.4 Å². The Kier molecular flexibility index (Phi) is 4.90. The van der Waals surface area contributed by atoms with Crippen LogP contribution in [0.25, 0.3) is 0 Å². The van der Waals surface area contributed by atoms with Crippen molar-refractivity contribution >= 4 is 15.6 Å². The molecule has 0 amide bonds. The summed E-state index contributed by atoms with van der Waals surface area (Å²) < 4.78 is 27.5. The fourth-order valence-electron chi connectivity index (χ4n) is 1.44. The highest BCUT2D eigenvalue weighted by molar-refractivity contribution is 7.90. The molecule has 5 heteroatoms. The van der Waals surface area contributed by atoms with Crippen LogP contribution in [0.5, 0.6) is 5.75 Å². The number of ether oxygens (including phenoxy) is 1. The van der Waals surface area contributed by atoms with Gasteiger partial charge in [0, 0.05) is 18.2 Å². The molecule has 0 aliphatic heterocycles. The topological polar surface area (TPSA) is 60.4 Å². The molecule has 0 aliphatic rings. The standard InChI is InChI=1S/C13H18O4S/c1-10(2)17-12-6-4-5-11(9-12)13(14)7-8-18(3,15)16/h4-6,9-10H,7-8H2,1-3H3. The van der Waals surface area contributed by atoms with Gasteiger partial charge in [0.2, 0.25) is 0 Å². The second kappa shape index (κ2) is 6.00. The fraction of sp³-hybridized carbons (Fsp3) is 0.462. The van der Waals surface area contributed by atoms with Crippen molar-refractivity contribution < 1.29 is 17.9 Å². The first-order chi connectivity index (χ1) is 8.28. The van der Waals surface area contributed by atoms with E-state index in [4.69, 9.17) is 4.74 Å². The molecule has 0 fully saturated rings. The van der Waals surface area contributed by atoms with E-state index < -0.39 is 9.84 Å². The number of Topliss-reactive ketones (excluding diaryl/α,β-unsaturated/α-hetero) is 1. The third-order valence-electron chi connectivity index (χ3n) is 2.23. The van der Waals surface area contributed by atoms with Gasteiger partial charge >= 0.3 is 0 Å². The highest BCUT2D eigenvalue weighted by atomic mass is 32.2. The van der Waals surface area contributed by atoms with E-state index in [1.54, 1.807) is 24.3 Å². The van der Waals surface area contributed by atoms with Gasteiger partial charge in [-0.2, -0.15) is 0 Å². The molecule has 0 unspecified atom stereocenters. The SMILES string of the molecule is CC(C)Oc1cccc(C(=O)CCS(C)(=O)=O)c1.